The lowest BCUT2D eigenvalue weighted by Crippen LogP contribution is -2.30. The molecular weight excluding hydrogens is 853 g/mol. The molecule has 0 spiro atoms. The van der Waals surface area contributed by atoms with Gasteiger partial charge >= 0.3 is 17.9 Å². The van der Waals surface area contributed by atoms with Gasteiger partial charge in [0.15, 0.2) is 6.10 Å². The molecule has 0 rings (SSSR count). The normalized spacial score (nSPS) is 12.8. The quantitative estimate of drug-likeness (QED) is 0.0262. The average Bonchev–Trinajstić information content (AvgIpc) is 3.35. The van der Waals surface area contributed by atoms with Crippen molar-refractivity contribution in [1.82, 2.24) is 0 Å². The molecule has 0 aromatic carbocycles. The van der Waals surface area contributed by atoms with Crippen LogP contribution >= 0.6 is 0 Å². The van der Waals surface area contributed by atoms with Gasteiger partial charge in [0.1, 0.15) is 13.2 Å². The Balaban J connectivity index is 4.40. The number of rotatable bonds is 51. The highest BCUT2D eigenvalue weighted by Gasteiger charge is 2.19. The van der Waals surface area contributed by atoms with Crippen molar-refractivity contribution in [3.8, 4) is 0 Å². The van der Waals surface area contributed by atoms with Gasteiger partial charge in [-0.2, -0.15) is 0 Å². The van der Waals surface area contributed by atoms with Crippen LogP contribution in [0.2, 0.25) is 0 Å². The van der Waals surface area contributed by atoms with Gasteiger partial charge in [0.05, 0.1) is 0 Å². The van der Waals surface area contributed by atoms with E-state index in [-0.39, 0.29) is 31.1 Å². The molecule has 6 nitrogen and oxygen atoms in total. The van der Waals surface area contributed by atoms with Gasteiger partial charge in [-0.05, 0) is 116 Å². The molecule has 1 atom stereocenters. The van der Waals surface area contributed by atoms with Gasteiger partial charge in [-0.15, -0.1) is 0 Å². The molecule has 1 unspecified atom stereocenters. The molecule has 0 aromatic rings. The summed E-state index contributed by atoms with van der Waals surface area (Å²) >= 11 is 0. The maximum Gasteiger partial charge on any atom is 0.306 e. The Morgan fingerprint density at radius 1 is 0.304 bits per heavy atom. The molecule has 0 bridgehead atoms. The predicted molar refractivity (Wildman–Crippen MR) is 297 cm³/mol. The maximum atomic E-state index is 12.9. The van der Waals surface area contributed by atoms with E-state index >= 15 is 0 Å². The SMILES string of the molecule is CC/C=C\C/C=C\C/C=C\CCCCCCCCCC(=O)OC(COC(=O)CCCCC/C=C\C/C=C\C/C=C\CC)COC(=O)CCCCCCCCCCC/C=C\C/C=C\CCCCCCC. The van der Waals surface area contributed by atoms with E-state index in [0.717, 1.165) is 116 Å². The molecule has 0 N–H and O–H groups in total. The number of carbonyl (C=O) groups excluding carboxylic acids is 3. The summed E-state index contributed by atoms with van der Waals surface area (Å²) in [4.78, 5) is 38.1. The fourth-order valence-corrected chi connectivity index (χ4v) is 7.80. The van der Waals surface area contributed by atoms with E-state index in [1.165, 1.54) is 109 Å². The first-order valence-electron chi connectivity index (χ1n) is 28.7. The largest absolute Gasteiger partial charge is 0.462 e. The third-order valence-electron chi connectivity index (χ3n) is 12.1. The first-order chi connectivity index (χ1) is 34.0. The van der Waals surface area contributed by atoms with E-state index in [1.807, 2.05) is 0 Å². The molecule has 0 saturated carbocycles. The summed E-state index contributed by atoms with van der Waals surface area (Å²) in [5.74, 6) is -0.936. The molecule has 0 fully saturated rings. The summed E-state index contributed by atoms with van der Waals surface area (Å²) in [6.07, 6.45) is 75.4. The molecule has 0 heterocycles. The Hall–Kier alpha value is -3.67. The summed E-state index contributed by atoms with van der Waals surface area (Å²) in [7, 11) is 0. The van der Waals surface area contributed by atoms with Crippen LogP contribution in [0, 0.1) is 0 Å². The van der Waals surface area contributed by atoms with E-state index in [0.29, 0.717) is 19.3 Å². The monoisotopic (exact) mass is 959 g/mol. The number of unbranched alkanes of at least 4 members (excludes halogenated alkanes) is 24. The Morgan fingerprint density at radius 3 is 0.899 bits per heavy atom. The first-order valence-corrected chi connectivity index (χ1v) is 28.7. The number of hydrogen-bond donors (Lipinski definition) is 0. The lowest BCUT2D eigenvalue weighted by atomic mass is 10.1. The van der Waals surface area contributed by atoms with Gasteiger partial charge in [0, 0.05) is 19.3 Å². The van der Waals surface area contributed by atoms with Crippen molar-refractivity contribution in [2.75, 3.05) is 13.2 Å². The van der Waals surface area contributed by atoms with Crippen molar-refractivity contribution in [2.45, 2.75) is 271 Å². The number of hydrogen-bond acceptors (Lipinski definition) is 6. The Kier molecular flexibility index (Phi) is 53.9. The number of ether oxygens (including phenoxy) is 3. The minimum Gasteiger partial charge on any atom is -0.462 e. The fraction of sp³-hybridized carbons (Fsp3) is 0.698. The first kappa shape index (κ1) is 65.3. The second-order valence-electron chi connectivity index (χ2n) is 18.8. The van der Waals surface area contributed by atoms with Crippen LogP contribution in [0.4, 0.5) is 0 Å². The smallest absolute Gasteiger partial charge is 0.306 e. The van der Waals surface area contributed by atoms with Crippen LogP contribution in [0.25, 0.3) is 0 Å². The number of esters is 3. The summed E-state index contributed by atoms with van der Waals surface area (Å²) in [6.45, 7) is 6.37. The molecule has 0 aliphatic rings. The third kappa shape index (κ3) is 55.1. The second kappa shape index (κ2) is 56.9. The molecule has 0 amide bonds. The Labute approximate surface area is 426 Å². The van der Waals surface area contributed by atoms with E-state index in [9.17, 15) is 14.4 Å². The summed E-state index contributed by atoms with van der Waals surface area (Å²) in [5.41, 5.74) is 0. The second-order valence-corrected chi connectivity index (χ2v) is 18.8. The van der Waals surface area contributed by atoms with Gasteiger partial charge in [-0.3, -0.25) is 14.4 Å². The topological polar surface area (TPSA) is 78.9 Å². The summed E-state index contributed by atoms with van der Waals surface area (Å²) in [6, 6.07) is 0. The van der Waals surface area contributed by atoms with Crippen LogP contribution in [0.15, 0.2) is 97.2 Å². The number of carbonyl (C=O) groups is 3. The Morgan fingerprint density at radius 2 is 0.565 bits per heavy atom. The summed E-state index contributed by atoms with van der Waals surface area (Å²) in [5, 5.41) is 0. The van der Waals surface area contributed by atoms with Crippen molar-refractivity contribution in [3.05, 3.63) is 97.2 Å². The zero-order chi connectivity index (χ0) is 50.0. The lowest BCUT2D eigenvalue weighted by Gasteiger charge is -2.18. The van der Waals surface area contributed by atoms with Crippen LogP contribution in [0.5, 0.6) is 0 Å². The van der Waals surface area contributed by atoms with Gasteiger partial charge in [0.2, 0.25) is 0 Å². The number of allylic oxidation sites excluding steroid dienone is 16. The molecule has 0 aliphatic carbocycles. The van der Waals surface area contributed by atoms with Crippen molar-refractivity contribution in [1.29, 1.82) is 0 Å². The zero-order valence-electron chi connectivity index (χ0n) is 45.0. The van der Waals surface area contributed by atoms with Crippen LogP contribution in [-0.2, 0) is 28.6 Å². The molecule has 0 aliphatic heterocycles. The fourth-order valence-electron chi connectivity index (χ4n) is 7.80. The molecule has 6 heteroatoms. The van der Waals surface area contributed by atoms with Crippen LogP contribution in [0.3, 0.4) is 0 Å². The third-order valence-corrected chi connectivity index (χ3v) is 12.1. The van der Waals surface area contributed by atoms with Crippen LogP contribution < -0.4 is 0 Å². The molecule has 394 valence electrons. The van der Waals surface area contributed by atoms with Gasteiger partial charge in [0.25, 0.3) is 0 Å². The molecule has 0 aromatic heterocycles. The van der Waals surface area contributed by atoms with E-state index in [2.05, 4.69) is 118 Å². The minimum atomic E-state index is -0.798. The van der Waals surface area contributed by atoms with E-state index in [1.54, 1.807) is 0 Å². The van der Waals surface area contributed by atoms with E-state index < -0.39 is 6.10 Å². The standard InChI is InChI=1S/C63H106O6/c1-4-7-10-13-16-19-22-25-27-29-30-31-32-34-35-38-41-44-47-50-53-56-62(65)68-59-60(58-67-61(64)55-52-49-46-43-40-37-24-21-18-15-12-9-6-3)69-63(66)57-54-51-48-45-42-39-36-33-28-26-23-20-17-14-11-8-5-2/h8-9,11-12,17-18,20-22,25-26,28-30,37,40,60H,4-7,10,13-16,19,23-24,27,31-36,38-39,41-59H2,1-3H3/b11-8-,12-9-,20-17-,21-18-,25-22-,28-26-,30-29-,40-37-. The van der Waals surface area contributed by atoms with Crippen molar-refractivity contribution in [2.24, 2.45) is 0 Å². The predicted octanol–water partition coefficient (Wildman–Crippen LogP) is 19.3. The van der Waals surface area contributed by atoms with Crippen molar-refractivity contribution < 1.29 is 28.6 Å². The molecule has 69 heavy (non-hydrogen) atoms. The molecular formula is C63H106O6. The van der Waals surface area contributed by atoms with Gasteiger partial charge in [-0.1, -0.05) is 227 Å². The van der Waals surface area contributed by atoms with Crippen LogP contribution in [0.1, 0.15) is 265 Å². The highest BCUT2D eigenvalue weighted by molar-refractivity contribution is 5.71. The van der Waals surface area contributed by atoms with Crippen molar-refractivity contribution >= 4 is 17.9 Å². The van der Waals surface area contributed by atoms with E-state index in [4.69, 9.17) is 14.2 Å². The zero-order valence-corrected chi connectivity index (χ0v) is 45.0. The molecule has 0 radical (unpaired) electrons. The van der Waals surface area contributed by atoms with Crippen molar-refractivity contribution in [3.63, 3.8) is 0 Å². The maximum absolute atomic E-state index is 12.9. The average molecular weight is 960 g/mol. The van der Waals surface area contributed by atoms with Gasteiger partial charge in [-0.25, -0.2) is 0 Å². The van der Waals surface area contributed by atoms with Gasteiger partial charge < -0.3 is 14.2 Å². The van der Waals surface area contributed by atoms with Crippen LogP contribution in [-0.4, -0.2) is 37.2 Å². The highest BCUT2D eigenvalue weighted by Crippen LogP contribution is 2.15. The minimum absolute atomic E-state index is 0.0938. The lowest BCUT2D eigenvalue weighted by molar-refractivity contribution is -0.167. The highest BCUT2D eigenvalue weighted by atomic mass is 16.6. The summed E-state index contributed by atoms with van der Waals surface area (Å²) < 4.78 is 16.8. The Bertz CT molecular complexity index is 1380. The molecule has 0 saturated heterocycles.